The number of para-hydroxylation sites is 1. The molecular formula is C17H12BrClO4. The highest BCUT2D eigenvalue weighted by atomic mass is 79.9. The Bertz CT molecular complexity index is 801. The highest BCUT2D eigenvalue weighted by molar-refractivity contribution is 9.10. The van der Waals surface area contributed by atoms with Gasteiger partial charge in [0.05, 0.1) is 16.6 Å². The van der Waals surface area contributed by atoms with Crippen LogP contribution in [0.1, 0.15) is 21.5 Å². The van der Waals surface area contributed by atoms with Crippen LogP contribution in [-0.2, 0) is 11.3 Å². The van der Waals surface area contributed by atoms with Crippen molar-refractivity contribution in [3.8, 4) is 11.5 Å². The van der Waals surface area contributed by atoms with E-state index in [1.165, 1.54) is 6.08 Å². The quantitative estimate of drug-likeness (QED) is 0.611. The van der Waals surface area contributed by atoms with E-state index in [9.17, 15) is 9.90 Å². The molecule has 0 unspecified atom stereocenters. The lowest BCUT2D eigenvalue weighted by Gasteiger charge is -2.19. The van der Waals surface area contributed by atoms with E-state index >= 15 is 0 Å². The first-order valence-electron chi connectivity index (χ1n) is 6.79. The molecule has 118 valence electrons. The van der Waals surface area contributed by atoms with E-state index in [0.717, 1.165) is 5.56 Å². The van der Waals surface area contributed by atoms with E-state index in [2.05, 4.69) is 15.9 Å². The van der Waals surface area contributed by atoms with Crippen LogP contribution in [0.3, 0.4) is 0 Å². The summed E-state index contributed by atoms with van der Waals surface area (Å²) in [6.45, 7) is 0.576. The number of aromatic hydroxyl groups is 1. The molecule has 4 nitrogen and oxygen atoms in total. The van der Waals surface area contributed by atoms with E-state index < -0.39 is 0 Å². The third kappa shape index (κ3) is 3.42. The summed E-state index contributed by atoms with van der Waals surface area (Å²) in [6, 6.07) is 8.40. The maximum absolute atomic E-state index is 12.3. The van der Waals surface area contributed by atoms with Gasteiger partial charge in [0.15, 0.2) is 12.6 Å². The Balaban J connectivity index is 1.92. The second kappa shape index (κ2) is 6.74. The number of hydrogen-bond donors (Lipinski definition) is 1. The largest absolute Gasteiger partial charge is 0.506 e. The first kappa shape index (κ1) is 16.1. The van der Waals surface area contributed by atoms with Crippen LogP contribution >= 0.6 is 27.5 Å². The fourth-order valence-corrected chi connectivity index (χ4v) is 2.92. The van der Waals surface area contributed by atoms with Crippen molar-refractivity contribution < 1.29 is 19.4 Å². The van der Waals surface area contributed by atoms with Crippen molar-refractivity contribution in [3.63, 3.8) is 0 Å². The third-order valence-corrected chi connectivity index (χ3v) is 4.23. The minimum atomic E-state index is -0.315. The van der Waals surface area contributed by atoms with Gasteiger partial charge >= 0.3 is 0 Å². The molecule has 0 fully saturated rings. The molecule has 6 heteroatoms. The minimum absolute atomic E-state index is 0.0834. The molecule has 0 radical (unpaired) electrons. The molecule has 1 heterocycles. The minimum Gasteiger partial charge on any atom is -0.506 e. The fourth-order valence-electron chi connectivity index (χ4n) is 2.30. The van der Waals surface area contributed by atoms with E-state index in [0.29, 0.717) is 27.4 Å². The van der Waals surface area contributed by atoms with Gasteiger partial charge in [0, 0.05) is 16.1 Å². The van der Waals surface area contributed by atoms with Crippen LogP contribution in [0, 0.1) is 0 Å². The smallest absolute Gasteiger partial charge is 0.189 e. The Morgan fingerprint density at radius 3 is 3.00 bits per heavy atom. The molecule has 0 amide bonds. The second-order valence-electron chi connectivity index (χ2n) is 4.93. The summed E-state index contributed by atoms with van der Waals surface area (Å²) >= 11 is 9.28. The number of halogens is 2. The molecule has 23 heavy (non-hydrogen) atoms. The van der Waals surface area contributed by atoms with E-state index in [1.54, 1.807) is 36.4 Å². The van der Waals surface area contributed by atoms with Crippen LogP contribution in [0.5, 0.6) is 11.5 Å². The second-order valence-corrected chi connectivity index (χ2v) is 6.22. The molecule has 1 N–H and O–H groups in total. The Hall–Kier alpha value is -1.82. The summed E-state index contributed by atoms with van der Waals surface area (Å²) in [5.74, 6) is 0.257. The van der Waals surface area contributed by atoms with E-state index in [-0.39, 0.29) is 23.9 Å². The summed E-state index contributed by atoms with van der Waals surface area (Å²) in [4.78, 5) is 12.3. The molecule has 0 aliphatic carbocycles. The van der Waals surface area contributed by atoms with Gasteiger partial charge in [0.25, 0.3) is 0 Å². The molecule has 3 rings (SSSR count). The molecular weight excluding hydrogens is 384 g/mol. The zero-order valence-electron chi connectivity index (χ0n) is 11.9. The molecule has 2 aromatic rings. The van der Waals surface area contributed by atoms with Crippen LogP contribution in [0.15, 0.2) is 40.9 Å². The molecule has 0 saturated carbocycles. The lowest BCUT2D eigenvalue weighted by Crippen LogP contribution is -2.12. The molecule has 0 bridgehead atoms. The Morgan fingerprint density at radius 1 is 1.35 bits per heavy atom. The number of fused-ring (bicyclic) bond motifs is 1. The molecule has 1 aliphatic rings. The summed E-state index contributed by atoms with van der Waals surface area (Å²) in [5, 5.41) is 10.5. The molecule has 0 saturated heterocycles. The van der Waals surface area contributed by atoms with Crippen molar-refractivity contribution in [2.75, 3.05) is 6.79 Å². The van der Waals surface area contributed by atoms with Gasteiger partial charge in [-0.3, -0.25) is 4.79 Å². The van der Waals surface area contributed by atoms with Crippen LogP contribution in [0.2, 0.25) is 5.02 Å². The number of hydrogen-bond acceptors (Lipinski definition) is 4. The van der Waals surface area contributed by atoms with E-state index in [1.807, 2.05) is 0 Å². The number of phenols is 1. The summed E-state index contributed by atoms with van der Waals surface area (Å²) in [5.41, 5.74) is 1.75. The van der Waals surface area contributed by atoms with Crippen molar-refractivity contribution >= 4 is 39.4 Å². The molecule has 1 aliphatic heterocycles. The van der Waals surface area contributed by atoms with Gasteiger partial charge in [-0.25, -0.2) is 0 Å². The predicted molar refractivity (Wildman–Crippen MR) is 90.9 cm³/mol. The average Bonchev–Trinajstić information content (AvgIpc) is 2.54. The number of ketones is 1. The van der Waals surface area contributed by atoms with Crippen LogP contribution in [-0.4, -0.2) is 17.7 Å². The zero-order valence-corrected chi connectivity index (χ0v) is 14.2. The third-order valence-electron chi connectivity index (χ3n) is 3.37. The van der Waals surface area contributed by atoms with Crippen LogP contribution in [0.25, 0.3) is 6.08 Å². The van der Waals surface area contributed by atoms with E-state index in [4.69, 9.17) is 21.1 Å². The number of benzene rings is 2. The Labute approximate surface area is 146 Å². The van der Waals surface area contributed by atoms with Crippen molar-refractivity contribution in [2.24, 2.45) is 0 Å². The van der Waals surface area contributed by atoms with Crippen molar-refractivity contribution in [1.82, 2.24) is 0 Å². The standard InChI is InChI=1S/C17H12BrClO4/c18-14-3-1-2-13(16(14)21)15(20)5-4-10-6-12(19)7-11-8-22-9-23-17(10)11/h1-7,21H,8-9H2. The molecule has 0 atom stereocenters. The van der Waals surface area contributed by atoms with Gasteiger partial charge in [-0.2, -0.15) is 0 Å². The average molecular weight is 396 g/mol. The van der Waals surface area contributed by atoms with Crippen molar-refractivity contribution in [3.05, 3.63) is 62.6 Å². The fraction of sp³-hybridized carbons (Fsp3) is 0.118. The van der Waals surface area contributed by atoms with Gasteiger partial charge in [0.2, 0.25) is 0 Å². The lowest BCUT2D eigenvalue weighted by molar-refractivity contribution is -0.0165. The topological polar surface area (TPSA) is 55.8 Å². The normalized spacial score (nSPS) is 13.7. The zero-order chi connectivity index (χ0) is 16.4. The van der Waals surface area contributed by atoms with Crippen LogP contribution < -0.4 is 4.74 Å². The van der Waals surface area contributed by atoms with Gasteiger partial charge in [-0.15, -0.1) is 0 Å². The number of ether oxygens (including phenoxy) is 2. The monoisotopic (exact) mass is 394 g/mol. The number of rotatable bonds is 3. The highest BCUT2D eigenvalue weighted by Crippen LogP contribution is 2.33. The lowest BCUT2D eigenvalue weighted by atomic mass is 10.1. The molecule has 2 aromatic carbocycles. The molecule has 0 aromatic heterocycles. The number of carbonyl (C=O) groups is 1. The first-order valence-corrected chi connectivity index (χ1v) is 7.96. The van der Waals surface area contributed by atoms with Gasteiger partial charge in [-0.1, -0.05) is 17.7 Å². The Morgan fingerprint density at radius 2 is 2.17 bits per heavy atom. The molecule has 0 spiro atoms. The van der Waals surface area contributed by atoms with Crippen molar-refractivity contribution in [1.29, 1.82) is 0 Å². The maximum Gasteiger partial charge on any atom is 0.189 e. The summed E-state index contributed by atoms with van der Waals surface area (Å²) < 4.78 is 11.2. The van der Waals surface area contributed by atoms with Gasteiger partial charge < -0.3 is 14.6 Å². The SMILES string of the molecule is O=C(C=Cc1cc(Cl)cc2c1OCOC2)c1cccc(Br)c1O. The Kier molecular flexibility index (Phi) is 4.71. The number of carbonyl (C=O) groups excluding carboxylic acids is 1. The van der Waals surface area contributed by atoms with Gasteiger partial charge in [0.1, 0.15) is 11.5 Å². The highest BCUT2D eigenvalue weighted by Gasteiger charge is 2.16. The number of phenolic OH excluding ortho intramolecular Hbond substituents is 1. The van der Waals surface area contributed by atoms with Crippen LogP contribution in [0.4, 0.5) is 0 Å². The van der Waals surface area contributed by atoms with Crippen molar-refractivity contribution in [2.45, 2.75) is 6.61 Å². The predicted octanol–water partition coefficient (Wildman–Crippen LogP) is 4.57. The first-order chi connectivity index (χ1) is 11.1. The van der Waals surface area contributed by atoms with Gasteiger partial charge in [-0.05, 0) is 52.3 Å². The maximum atomic E-state index is 12.3. The number of allylic oxidation sites excluding steroid dienone is 1. The summed E-state index contributed by atoms with van der Waals surface area (Å²) in [7, 11) is 0. The summed E-state index contributed by atoms with van der Waals surface area (Å²) in [6.07, 6.45) is 3.00.